The van der Waals surface area contributed by atoms with E-state index in [-0.39, 0.29) is 0 Å². The predicted octanol–water partition coefficient (Wildman–Crippen LogP) is -1.78. The molecule has 0 spiro atoms. The first-order valence-electron chi connectivity index (χ1n) is 1.61. The van der Waals surface area contributed by atoms with Gasteiger partial charge in [-0.3, -0.25) is 5.84 Å². The lowest BCUT2D eigenvalue weighted by atomic mass is 10.8. The molecule has 0 aliphatic heterocycles. The Kier molecular flexibility index (Phi) is 2.89. The first-order valence-corrected chi connectivity index (χ1v) is 2.86. The van der Waals surface area contributed by atoms with Crippen LogP contribution in [0.5, 0.6) is 0 Å². The van der Waals surface area contributed by atoms with E-state index in [4.69, 9.17) is 0 Å². The highest BCUT2D eigenvalue weighted by Crippen LogP contribution is 1.71. The zero-order valence-corrected chi connectivity index (χ0v) is 4.52. The number of thiol groups is 1. The molecular formula is C2H7N2O2S. The minimum absolute atomic E-state index is 0.866. The lowest BCUT2D eigenvalue weighted by Crippen LogP contribution is -2.33. The lowest BCUT2D eigenvalue weighted by Gasteiger charge is -1.95. The van der Waals surface area contributed by atoms with Crippen molar-refractivity contribution in [2.24, 2.45) is 5.84 Å². The van der Waals surface area contributed by atoms with Crippen LogP contribution in [0, 0.1) is 6.92 Å². The molecule has 3 N–H and O–H groups in total. The quantitative estimate of drug-likeness (QED) is 0.231. The van der Waals surface area contributed by atoms with Crippen molar-refractivity contribution in [3.8, 4) is 0 Å². The molecular weight excluding hydrogens is 116 g/mol. The van der Waals surface area contributed by atoms with E-state index in [2.05, 4.69) is 12.8 Å². The summed E-state index contributed by atoms with van der Waals surface area (Å²) < 4.78 is 19.5. The largest absolute Gasteiger partial charge is 0.270 e. The van der Waals surface area contributed by atoms with Gasteiger partial charge in [-0.2, -0.15) is 0 Å². The molecule has 0 aliphatic carbocycles. The van der Waals surface area contributed by atoms with Crippen LogP contribution in [0.25, 0.3) is 0 Å². The predicted molar refractivity (Wildman–Crippen MR) is 26.8 cm³/mol. The zero-order valence-electron chi connectivity index (χ0n) is 3.63. The fourth-order valence-corrected chi connectivity index (χ4v) is 0.183. The van der Waals surface area contributed by atoms with E-state index in [1.807, 2.05) is 5.43 Å². The van der Waals surface area contributed by atoms with Gasteiger partial charge in [0.05, 0.1) is 0 Å². The van der Waals surface area contributed by atoms with E-state index in [0.29, 0.717) is 0 Å². The third-order valence-corrected chi connectivity index (χ3v) is 1.10. The molecule has 0 amide bonds. The van der Waals surface area contributed by atoms with Crippen LogP contribution in [0.4, 0.5) is 0 Å². The van der Waals surface area contributed by atoms with Crippen LogP contribution < -0.4 is 11.3 Å². The van der Waals surface area contributed by atoms with Gasteiger partial charge in [0, 0.05) is 0 Å². The highest BCUT2D eigenvalue weighted by molar-refractivity contribution is 7.73. The summed E-state index contributed by atoms with van der Waals surface area (Å²) in [4.78, 5) is 0. The Bertz CT molecular complexity index is 102. The van der Waals surface area contributed by atoms with Gasteiger partial charge < -0.3 is 0 Å². The van der Waals surface area contributed by atoms with Crippen molar-refractivity contribution < 1.29 is 8.42 Å². The van der Waals surface area contributed by atoms with Gasteiger partial charge in [-0.05, 0) is 6.92 Å². The fraction of sp³-hybridized carbons (Fsp3) is 0.500. The Morgan fingerprint density at radius 1 is 1.71 bits per heavy atom. The summed E-state index contributed by atoms with van der Waals surface area (Å²) in [5.74, 6) is 4.68. The molecule has 4 nitrogen and oxygen atoms in total. The molecule has 0 heterocycles. The molecule has 5 heteroatoms. The van der Waals surface area contributed by atoms with Crippen LogP contribution in [0.1, 0.15) is 0 Å². The minimum Gasteiger partial charge on any atom is -0.270 e. The van der Waals surface area contributed by atoms with Crippen LogP contribution in [0.2, 0.25) is 0 Å². The number of hydrazine groups is 1. The lowest BCUT2D eigenvalue weighted by molar-refractivity contribution is 0.594. The zero-order chi connectivity index (χ0) is 5.86. The van der Waals surface area contributed by atoms with Gasteiger partial charge in [0.25, 0.3) is 0 Å². The van der Waals surface area contributed by atoms with Crippen molar-refractivity contribution in [3.63, 3.8) is 0 Å². The smallest absolute Gasteiger partial charge is 0.157 e. The number of rotatable bonds is 2. The average Bonchev–Trinajstić information content (AvgIpc) is 1.65. The summed E-state index contributed by atoms with van der Waals surface area (Å²) in [7, 11) is -2.51. The third-order valence-electron chi connectivity index (χ3n) is 0.447. The van der Waals surface area contributed by atoms with E-state index in [9.17, 15) is 8.42 Å². The molecule has 0 aromatic rings. The van der Waals surface area contributed by atoms with E-state index in [1.165, 1.54) is 0 Å². The van der Waals surface area contributed by atoms with Gasteiger partial charge in [-0.25, -0.2) is 13.8 Å². The molecule has 0 aliphatic rings. The maximum atomic E-state index is 9.76. The standard InChI is InChI=1S/C2H7N2O2S/c1-2(4-3)7(5)6/h2,4,7H,1,3H2. The monoisotopic (exact) mass is 123 g/mol. The first kappa shape index (κ1) is 6.87. The van der Waals surface area contributed by atoms with Crippen molar-refractivity contribution in [1.29, 1.82) is 0 Å². The molecule has 0 fully saturated rings. The SMILES string of the molecule is [CH2]C(NN)[SH](=O)=O. The molecule has 1 atom stereocenters. The number of hydrogen-bond donors (Lipinski definition) is 3. The van der Waals surface area contributed by atoms with Crippen molar-refractivity contribution >= 4 is 10.7 Å². The summed E-state index contributed by atoms with van der Waals surface area (Å²) in [6.45, 7) is 3.12. The Balaban J connectivity index is 3.57. The van der Waals surface area contributed by atoms with Gasteiger partial charge in [-0.1, -0.05) is 0 Å². The fourth-order valence-electron chi connectivity index (χ4n) is 0.0609. The topological polar surface area (TPSA) is 72.2 Å². The van der Waals surface area contributed by atoms with Crippen molar-refractivity contribution in [3.05, 3.63) is 6.92 Å². The van der Waals surface area contributed by atoms with Crippen LogP contribution in [0.3, 0.4) is 0 Å². The van der Waals surface area contributed by atoms with Crippen molar-refractivity contribution in [2.45, 2.75) is 5.37 Å². The highest BCUT2D eigenvalue weighted by atomic mass is 32.2. The van der Waals surface area contributed by atoms with Crippen LogP contribution >= 0.6 is 0 Å². The van der Waals surface area contributed by atoms with Crippen LogP contribution in [-0.4, -0.2) is 13.8 Å². The second-order valence-corrected chi connectivity index (χ2v) is 2.16. The van der Waals surface area contributed by atoms with Gasteiger partial charge >= 0.3 is 0 Å². The highest BCUT2D eigenvalue weighted by Gasteiger charge is 1.95. The molecule has 1 unspecified atom stereocenters. The Morgan fingerprint density at radius 2 is 2.14 bits per heavy atom. The number of hydrogen-bond acceptors (Lipinski definition) is 4. The minimum atomic E-state index is -2.51. The van der Waals surface area contributed by atoms with Crippen LogP contribution in [-0.2, 0) is 10.7 Å². The average molecular weight is 123 g/mol. The Hall–Kier alpha value is -0.130. The van der Waals surface area contributed by atoms with Gasteiger partial charge in [-0.15, -0.1) is 0 Å². The third kappa shape index (κ3) is 2.55. The summed E-state index contributed by atoms with van der Waals surface area (Å²) >= 11 is 0. The van der Waals surface area contributed by atoms with E-state index < -0.39 is 16.1 Å². The molecule has 1 radical (unpaired) electrons. The Morgan fingerprint density at radius 3 is 2.14 bits per heavy atom. The normalized spacial score (nSPS) is 14.7. The van der Waals surface area contributed by atoms with E-state index >= 15 is 0 Å². The van der Waals surface area contributed by atoms with Crippen molar-refractivity contribution in [2.75, 3.05) is 0 Å². The van der Waals surface area contributed by atoms with E-state index in [1.54, 1.807) is 0 Å². The first-order chi connectivity index (χ1) is 3.18. The van der Waals surface area contributed by atoms with Gasteiger partial charge in [0.15, 0.2) is 10.7 Å². The van der Waals surface area contributed by atoms with Crippen molar-refractivity contribution in [1.82, 2.24) is 5.43 Å². The van der Waals surface area contributed by atoms with Gasteiger partial charge in [0.2, 0.25) is 0 Å². The van der Waals surface area contributed by atoms with Gasteiger partial charge in [0.1, 0.15) is 5.37 Å². The van der Waals surface area contributed by atoms with Crippen LogP contribution in [0.15, 0.2) is 0 Å². The summed E-state index contributed by atoms with van der Waals surface area (Å²) in [6, 6.07) is 0. The molecule has 7 heavy (non-hydrogen) atoms. The molecule has 0 aromatic carbocycles. The number of nitrogens with two attached hydrogens (primary N) is 1. The summed E-state index contributed by atoms with van der Waals surface area (Å²) in [5, 5.41) is -0.866. The second kappa shape index (κ2) is 2.95. The summed E-state index contributed by atoms with van der Waals surface area (Å²) in [5.41, 5.74) is 1.96. The summed E-state index contributed by atoms with van der Waals surface area (Å²) in [6.07, 6.45) is 0. The maximum absolute atomic E-state index is 9.76. The molecule has 0 bridgehead atoms. The molecule has 0 saturated carbocycles. The van der Waals surface area contributed by atoms with E-state index in [0.717, 1.165) is 0 Å². The maximum Gasteiger partial charge on any atom is 0.157 e. The molecule has 43 valence electrons. The number of nitrogens with one attached hydrogen (secondary N) is 1. The molecule has 0 rings (SSSR count). The Labute approximate surface area is 43.6 Å². The molecule has 0 aromatic heterocycles. The second-order valence-electron chi connectivity index (χ2n) is 0.968. The molecule has 0 saturated heterocycles.